The van der Waals surface area contributed by atoms with Crippen molar-refractivity contribution in [1.82, 2.24) is 9.78 Å². The zero-order valence-electron chi connectivity index (χ0n) is 17.4. The smallest absolute Gasteiger partial charge is 0.275 e. The summed E-state index contributed by atoms with van der Waals surface area (Å²) in [6, 6.07) is 8.64. The third kappa shape index (κ3) is 5.59. The number of non-ortho nitro benzene ring substituents is 1. The van der Waals surface area contributed by atoms with Gasteiger partial charge in [0.1, 0.15) is 11.5 Å². The molecular weight excluding hydrogens is 523 g/mol. The summed E-state index contributed by atoms with van der Waals surface area (Å²) in [6.07, 6.45) is 0. The average molecular weight is 542 g/mol. The Morgan fingerprint density at radius 3 is 2.59 bits per heavy atom. The highest BCUT2D eigenvalue weighted by Crippen LogP contribution is 2.34. The molecule has 0 spiro atoms. The topological polar surface area (TPSA) is 99.3 Å². The number of nitro benzene ring substituents is 1. The minimum atomic E-state index is -0.567. The lowest BCUT2D eigenvalue weighted by atomic mass is 10.1. The molecule has 0 fully saturated rings. The van der Waals surface area contributed by atoms with Gasteiger partial charge in [-0.15, -0.1) is 0 Å². The second kappa shape index (κ2) is 9.89. The minimum Gasteiger partial charge on any atom is -0.455 e. The van der Waals surface area contributed by atoms with Crippen LogP contribution in [0.1, 0.15) is 18.3 Å². The van der Waals surface area contributed by atoms with Crippen LogP contribution in [-0.4, -0.2) is 20.6 Å². The van der Waals surface area contributed by atoms with Gasteiger partial charge >= 0.3 is 0 Å². The Bertz CT molecular complexity index is 1200. The summed E-state index contributed by atoms with van der Waals surface area (Å²) in [7, 11) is 0. The molecule has 1 unspecified atom stereocenters. The van der Waals surface area contributed by atoms with E-state index in [1.54, 1.807) is 23.7 Å². The number of hydrogen-bond donors (Lipinski definition) is 1. The number of aromatic nitrogens is 2. The van der Waals surface area contributed by atoms with Crippen molar-refractivity contribution in [2.45, 2.75) is 27.3 Å². The molecule has 0 aliphatic rings. The van der Waals surface area contributed by atoms with E-state index in [4.69, 9.17) is 27.9 Å². The molecule has 1 amide bonds. The fourth-order valence-electron chi connectivity index (χ4n) is 2.97. The van der Waals surface area contributed by atoms with Gasteiger partial charge in [0.25, 0.3) is 5.69 Å². The van der Waals surface area contributed by atoms with E-state index in [9.17, 15) is 14.9 Å². The Morgan fingerprint density at radius 1 is 1.28 bits per heavy atom. The molecule has 3 aromatic rings. The maximum atomic E-state index is 12.8. The number of aryl methyl sites for hydroxylation is 1. The summed E-state index contributed by atoms with van der Waals surface area (Å²) in [5.41, 5.74) is 1.73. The summed E-state index contributed by atoms with van der Waals surface area (Å²) in [5, 5.41) is 19.2. The van der Waals surface area contributed by atoms with Crippen LogP contribution in [0, 0.1) is 29.9 Å². The maximum absolute atomic E-state index is 12.8. The molecule has 32 heavy (non-hydrogen) atoms. The second-order valence-electron chi connectivity index (χ2n) is 7.21. The van der Waals surface area contributed by atoms with E-state index in [-0.39, 0.29) is 33.8 Å². The van der Waals surface area contributed by atoms with E-state index >= 15 is 0 Å². The van der Waals surface area contributed by atoms with Gasteiger partial charge in [-0.1, -0.05) is 30.1 Å². The number of ether oxygens (including phenoxy) is 1. The molecule has 2 aromatic carbocycles. The number of amides is 1. The quantitative estimate of drug-likeness (QED) is 0.270. The van der Waals surface area contributed by atoms with Crippen molar-refractivity contribution in [3.05, 3.63) is 72.4 Å². The van der Waals surface area contributed by atoms with Crippen LogP contribution in [0.25, 0.3) is 0 Å². The number of carbonyl (C=O) groups excluding carboxylic acids is 1. The zero-order chi connectivity index (χ0) is 23.6. The molecule has 1 heterocycles. The highest BCUT2D eigenvalue weighted by molar-refractivity contribution is 9.10. The number of nitrogens with one attached hydrogen (secondary N) is 1. The average Bonchev–Trinajstić information content (AvgIpc) is 2.96. The Morgan fingerprint density at radius 2 is 2.00 bits per heavy atom. The van der Waals surface area contributed by atoms with E-state index in [1.165, 1.54) is 24.3 Å². The van der Waals surface area contributed by atoms with Gasteiger partial charge in [-0.25, -0.2) is 0 Å². The number of nitro groups is 1. The van der Waals surface area contributed by atoms with Gasteiger partial charge in [-0.3, -0.25) is 19.6 Å². The lowest BCUT2D eigenvalue weighted by molar-refractivity contribution is -0.384. The highest BCUT2D eigenvalue weighted by atomic mass is 79.9. The summed E-state index contributed by atoms with van der Waals surface area (Å²) < 4.78 is 8.34. The van der Waals surface area contributed by atoms with Gasteiger partial charge in [-0.05, 0) is 48.0 Å². The van der Waals surface area contributed by atoms with E-state index in [0.29, 0.717) is 11.6 Å². The third-order valence-electron chi connectivity index (χ3n) is 4.68. The van der Waals surface area contributed by atoms with E-state index in [1.807, 2.05) is 13.8 Å². The molecule has 8 nitrogen and oxygen atoms in total. The van der Waals surface area contributed by atoms with Crippen LogP contribution in [0.15, 0.2) is 40.9 Å². The summed E-state index contributed by atoms with van der Waals surface area (Å²) in [6.45, 7) is 5.88. The first kappa shape index (κ1) is 24.0. The number of hydrogen-bond acceptors (Lipinski definition) is 5. The molecule has 168 valence electrons. The van der Waals surface area contributed by atoms with Crippen molar-refractivity contribution in [1.29, 1.82) is 0 Å². The lowest BCUT2D eigenvalue weighted by Crippen LogP contribution is -2.25. The molecule has 0 bridgehead atoms. The zero-order valence-corrected chi connectivity index (χ0v) is 20.5. The van der Waals surface area contributed by atoms with Crippen molar-refractivity contribution in [2.75, 3.05) is 5.32 Å². The predicted octanol–water partition coefficient (Wildman–Crippen LogP) is 6.54. The van der Waals surface area contributed by atoms with E-state index in [0.717, 1.165) is 15.9 Å². The molecule has 0 radical (unpaired) electrons. The number of nitrogens with zero attached hydrogens (tertiary/aromatic N) is 3. The lowest BCUT2D eigenvalue weighted by Gasteiger charge is -2.14. The molecule has 0 saturated carbocycles. The molecule has 1 N–H and O–H groups in total. The van der Waals surface area contributed by atoms with Crippen molar-refractivity contribution < 1.29 is 14.5 Å². The molecular formula is C21H19BrCl2N4O4. The van der Waals surface area contributed by atoms with Crippen LogP contribution in [0.3, 0.4) is 0 Å². The van der Waals surface area contributed by atoms with Gasteiger partial charge in [0.15, 0.2) is 0 Å². The van der Waals surface area contributed by atoms with Gasteiger partial charge < -0.3 is 10.1 Å². The predicted molar refractivity (Wildman–Crippen MR) is 127 cm³/mol. The number of halogens is 3. The molecule has 0 aliphatic heterocycles. The third-order valence-corrected chi connectivity index (χ3v) is 6.36. The SMILES string of the molecule is Cc1nn(CC(C)C(=O)Nc2cc(Oc3ccc(Cl)cc3Cl)cc([N+](=O)[O-])c2)c(C)c1Br. The van der Waals surface area contributed by atoms with Crippen LogP contribution in [0.4, 0.5) is 11.4 Å². The first-order chi connectivity index (χ1) is 15.0. The minimum absolute atomic E-state index is 0.147. The monoisotopic (exact) mass is 540 g/mol. The Hall–Kier alpha value is -2.62. The molecule has 0 aliphatic carbocycles. The molecule has 3 rings (SSSR count). The van der Waals surface area contributed by atoms with Crippen molar-refractivity contribution in [3.8, 4) is 11.5 Å². The van der Waals surface area contributed by atoms with E-state index < -0.39 is 10.8 Å². The number of benzene rings is 2. The van der Waals surface area contributed by atoms with Crippen LogP contribution in [0.2, 0.25) is 10.0 Å². The van der Waals surface area contributed by atoms with Crippen LogP contribution >= 0.6 is 39.1 Å². The van der Waals surface area contributed by atoms with Gasteiger partial charge in [0.05, 0.1) is 44.3 Å². The van der Waals surface area contributed by atoms with E-state index in [2.05, 4.69) is 26.3 Å². The fraction of sp³-hybridized carbons (Fsp3) is 0.238. The van der Waals surface area contributed by atoms with Crippen molar-refractivity contribution in [3.63, 3.8) is 0 Å². The summed E-state index contributed by atoms with van der Waals surface area (Å²) in [4.78, 5) is 23.6. The Labute approximate surface area is 202 Å². The number of anilines is 1. The maximum Gasteiger partial charge on any atom is 0.275 e. The summed E-state index contributed by atoms with van der Waals surface area (Å²) in [5.74, 6) is -0.343. The molecule has 1 aromatic heterocycles. The standard InChI is InChI=1S/C21H19BrCl2N4O4/c1-11(10-27-13(3)20(22)12(2)26-27)21(29)25-15-7-16(28(30)31)9-17(8-15)32-19-5-4-14(23)6-18(19)24/h4-9,11H,10H2,1-3H3,(H,25,29). The molecule has 1 atom stereocenters. The second-order valence-corrected chi connectivity index (χ2v) is 8.84. The van der Waals surface area contributed by atoms with Crippen LogP contribution in [0.5, 0.6) is 11.5 Å². The first-order valence-corrected chi connectivity index (χ1v) is 11.0. The fourth-order valence-corrected chi connectivity index (χ4v) is 3.70. The Balaban J connectivity index is 1.80. The number of rotatable bonds is 7. The largest absolute Gasteiger partial charge is 0.455 e. The molecule has 11 heteroatoms. The normalized spacial score (nSPS) is 11.8. The van der Waals surface area contributed by atoms with Crippen LogP contribution in [-0.2, 0) is 11.3 Å². The number of carbonyl (C=O) groups is 1. The van der Waals surface area contributed by atoms with Crippen LogP contribution < -0.4 is 10.1 Å². The van der Waals surface area contributed by atoms with Gasteiger partial charge in [0, 0.05) is 22.8 Å². The first-order valence-electron chi connectivity index (χ1n) is 9.48. The van der Waals surface area contributed by atoms with Gasteiger partial charge in [-0.2, -0.15) is 5.10 Å². The molecule has 0 saturated heterocycles. The van der Waals surface area contributed by atoms with Crippen molar-refractivity contribution >= 4 is 56.4 Å². The van der Waals surface area contributed by atoms with Crippen molar-refractivity contribution in [2.24, 2.45) is 5.92 Å². The highest BCUT2D eigenvalue weighted by Gasteiger charge is 2.19. The Kier molecular flexibility index (Phi) is 7.43. The van der Waals surface area contributed by atoms with Gasteiger partial charge in [0.2, 0.25) is 5.91 Å². The summed E-state index contributed by atoms with van der Waals surface area (Å²) >= 11 is 15.5.